The van der Waals surface area contributed by atoms with Crippen LogP contribution in [0.15, 0.2) is 0 Å². The maximum Gasteiger partial charge on any atom is 2.00 e. The van der Waals surface area contributed by atoms with E-state index < -0.39 is 12.3 Å². The van der Waals surface area contributed by atoms with Gasteiger partial charge in [-0.3, -0.25) is 0 Å². The normalized spacial score (nSPS) is 7.11. The van der Waals surface area contributed by atoms with Gasteiger partial charge in [0.1, 0.15) is 0 Å². The van der Waals surface area contributed by atoms with Crippen molar-refractivity contribution in [3.05, 3.63) is 0 Å². The summed E-state index contributed by atoms with van der Waals surface area (Å²) < 4.78 is 3.69. The Balaban J connectivity index is -0.0000000300. The van der Waals surface area contributed by atoms with Crippen molar-refractivity contribution in [2.24, 2.45) is 0 Å². The zero-order valence-corrected chi connectivity index (χ0v) is 6.87. The van der Waals surface area contributed by atoms with E-state index in [2.05, 4.69) is 20.1 Å². The number of aliphatic hydroxyl groups is 2. The fourth-order valence-electron chi connectivity index (χ4n) is 0.0398. The summed E-state index contributed by atoms with van der Waals surface area (Å²) in [6, 6.07) is 0. The predicted octanol–water partition coefficient (Wildman–Crippen LogP) is -2.19. The summed E-state index contributed by atoms with van der Waals surface area (Å²) in [4.78, 5) is 9.74. The van der Waals surface area contributed by atoms with E-state index >= 15 is 0 Å². The second kappa shape index (κ2) is 9.17. The average Bonchev–Trinajstić information content (AvgIpc) is 1.65. The number of aliphatic hydroxyl groups excluding tert-OH is 1. The fraction of sp³-hybridized carbons (Fsp3) is 0.500. The molecular formula is C2H8AlBrMgO4. The van der Waals surface area contributed by atoms with Gasteiger partial charge in [0, 0.05) is 0 Å². The summed E-state index contributed by atoms with van der Waals surface area (Å²) in [5, 5.41) is 15.7. The molecule has 2 N–H and O–H groups in total. The number of halogens is 1. The molecule has 0 fully saturated rings. The second-order valence-corrected chi connectivity index (χ2v) is 1.09. The van der Waals surface area contributed by atoms with Crippen molar-refractivity contribution in [1.29, 1.82) is 0 Å². The molecule has 9 heavy (non-hydrogen) atoms. The second-order valence-electron chi connectivity index (χ2n) is 0.770. The molecule has 0 spiro atoms. The van der Waals surface area contributed by atoms with E-state index in [1.54, 1.807) is 0 Å². The van der Waals surface area contributed by atoms with Gasteiger partial charge in [0.25, 0.3) is 6.29 Å². The van der Waals surface area contributed by atoms with E-state index in [1.165, 1.54) is 0 Å². The first-order valence-corrected chi connectivity index (χ1v) is 2.02. The van der Waals surface area contributed by atoms with Gasteiger partial charge in [-0.25, -0.2) is 4.79 Å². The van der Waals surface area contributed by atoms with Crippen LogP contribution in [0.4, 0.5) is 0 Å². The summed E-state index contributed by atoms with van der Waals surface area (Å²) >= 11 is 2.25. The van der Waals surface area contributed by atoms with Crippen LogP contribution in [0.3, 0.4) is 0 Å². The molecule has 0 saturated carbocycles. The predicted molar refractivity (Wildman–Crippen MR) is 41.2 cm³/mol. The molecule has 0 rings (SSSR count). The van der Waals surface area contributed by atoms with Crippen molar-refractivity contribution >= 4 is 62.6 Å². The van der Waals surface area contributed by atoms with E-state index in [9.17, 15) is 4.79 Å². The number of hydrogen-bond donors (Lipinski definition) is 2. The molecular weight excluding hydrogens is 219 g/mol. The van der Waals surface area contributed by atoms with Gasteiger partial charge in [-0.15, -0.1) is 0 Å². The summed E-state index contributed by atoms with van der Waals surface area (Å²) in [6.07, 6.45) is -2.04. The molecule has 4 nitrogen and oxygen atoms in total. The first-order chi connectivity index (χ1) is 3.18. The zero-order chi connectivity index (χ0) is 5.86. The number of rotatable bonds is 1. The van der Waals surface area contributed by atoms with Crippen molar-refractivity contribution in [3.8, 4) is 0 Å². The van der Waals surface area contributed by atoms with Gasteiger partial charge < -0.3 is 16.9 Å². The van der Waals surface area contributed by atoms with E-state index in [4.69, 9.17) is 10.2 Å². The van der Waals surface area contributed by atoms with Gasteiger partial charge in [0.2, 0.25) is 0 Å². The molecule has 0 heterocycles. The third kappa shape index (κ3) is 9.17. The van der Waals surface area contributed by atoms with E-state index in [-0.39, 0.29) is 43.3 Å². The molecule has 0 aromatic rings. The standard InChI is InChI=1S/C2H3BrO4.Al.Mg.5H/c3-7-2(6)1(4)5;;;;;;;/h1,4-5H;;;;;;;/q;;+2;;;;2*-1. The van der Waals surface area contributed by atoms with Crippen LogP contribution in [-0.2, 0) is 8.62 Å². The van der Waals surface area contributed by atoms with Crippen LogP contribution in [0.25, 0.3) is 0 Å². The molecule has 52 valence electrons. The topological polar surface area (TPSA) is 66.8 Å². The Bertz CT molecular complexity index is 86.5. The SMILES string of the molecule is O=C(OBr)C(O)O.[AlH3].[H-].[H-].[Mg+2]. The van der Waals surface area contributed by atoms with Crippen LogP contribution >= 0.6 is 16.3 Å². The summed E-state index contributed by atoms with van der Waals surface area (Å²) in [6.45, 7) is 0. The van der Waals surface area contributed by atoms with Gasteiger partial charge in [-0.1, -0.05) is 0 Å². The molecule has 0 unspecified atom stereocenters. The average molecular weight is 227 g/mol. The maximum absolute atomic E-state index is 9.74. The van der Waals surface area contributed by atoms with E-state index in [0.717, 1.165) is 0 Å². The Morgan fingerprint density at radius 2 is 2.00 bits per heavy atom. The Hall–Kier alpha value is 1.17. The Morgan fingerprint density at radius 3 is 2.00 bits per heavy atom. The third-order valence-corrected chi connectivity index (χ3v) is 0.606. The minimum absolute atomic E-state index is 0. The van der Waals surface area contributed by atoms with Gasteiger partial charge in [0.05, 0.1) is 0 Å². The van der Waals surface area contributed by atoms with Crippen LogP contribution in [0.5, 0.6) is 0 Å². The number of hydrogen-bond acceptors (Lipinski definition) is 4. The molecule has 0 amide bonds. The molecule has 0 aliphatic carbocycles. The molecule has 0 aromatic heterocycles. The summed E-state index contributed by atoms with van der Waals surface area (Å²) in [5.74, 6) is -1.12. The summed E-state index contributed by atoms with van der Waals surface area (Å²) in [5.41, 5.74) is 0. The monoisotopic (exact) mass is 226 g/mol. The van der Waals surface area contributed by atoms with Crippen LogP contribution in [0.1, 0.15) is 2.85 Å². The first kappa shape index (κ1) is 16.6. The molecule has 7 heteroatoms. The number of carbonyl (C=O) groups is 1. The minimum atomic E-state index is -2.04. The Kier molecular flexibility index (Phi) is 16.9. The van der Waals surface area contributed by atoms with Crippen molar-refractivity contribution in [3.63, 3.8) is 0 Å². The third-order valence-electron chi connectivity index (χ3n) is 0.287. The molecule has 0 radical (unpaired) electrons. The maximum atomic E-state index is 9.74. The van der Waals surface area contributed by atoms with Crippen molar-refractivity contribution < 1.29 is 21.7 Å². The molecule has 0 aromatic carbocycles. The van der Waals surface area contributed by atoms with Crippen molar-refractivity contribution in [1.82, 2.24) is 0 Å². The van der Waals surface area contributed by atoms with Gasteiger partial charge in [0.15, 0.2) is 33.6 Å². The van der Waals surface area contributed by atoms with E-state index in [1.807, 2.05) is 0 Å². The Morgan fingerprint density at radius 1 is 1.67 bits per heavy atom. The number of carbonyl (C=O) groups excluding carboxylic acids is 1. The molecule has 0 saturated heterocycles. The largest absolute Gasteiger partial charge is 2.00 e. The van der Waals surface area contributed by atoms with Crippen molar-refractivity contribution in [2.75, 3.05) is 0 Å². The van der Waals surface area contributed by atoms with Gasteiger partial charge in [-0.05, 0) is 0 Å². The summed E-state index contributed by atoms with van der Waals surface area (Å²) in [7, 11) is 0. The Labute approximate surface area is 90.3 Å². The first-order valence-electron chi connectivity index (χ1n) is 1.37. The molecule has 0 aliphatic heterocycles. The van der Waals surface area contributed by atoms with Crippen LogP contribution in [0, 0.1) is 0 Å². The van der Waals surface area contributed by atoms with Crippen LogP contribution < -0.4 is 0 Å². The molecule has 0 atom stereocenters. The van der Waals surface area contributed by atoms with Gasteiger partial charge >= 0.3 is 29.0 Å². The minimum Gasteiger partial charge on any atom is -1.00 e. The van der Waals surface area contributed by atoms with Crippen LogP contribution in [-0.4, -0.2) is 62.9 Å². The quantitative estimate of drug-likeness (QED) is 0.394. The smallest absolute Gasteiger partial charge is 1.00 e. The molecule has 0 aliphatic rings. The van der Waals surface area contributed by atoms with Gasteiger partial charge in [-0.2, -0.15) is 0 Å². The van der Waals surface area contributed by atoms with E-state index in [0.29, 0.717) is 0 Å². The van der Waals surface area contributed by atoms with Crippen LogP contribution in [0.2, 0.25) is 0 Å². The van der Waals surface area contributed by atoms with Crippen molar-refractivity contribution in [2.45, 2.75) is 6.29 Å². The molecule has 0 bridgehead atoms. The zero-order valence-electron chi connectivity index (χ0n) is 5.87. The fourth-order valence-corrected chi connectivity index (χ4v) is 0.207.